The molecule has 2 fully saturated rings. The molecule has 3 amide bonds. The summed E-state index contributed by atoms with van der Waals surface area (Å²) in [6, 6.07) is 10.5. The van der Waals surface area contributed by atoms with Crippen molar-refractivity contribution in [2.45, 2.75) is 51.2 Å². The number of carbonyl (C=O) groups excluding carboxylic acids is 2. The average molecular weight is 381 g/mol. The van der Waals surface area contributed by atoms with Gasteiger partial charge < -0.3 is 19.5 Å². The number of likely N-dealkylation sites (tertiary alicyclic amines) is 1. The van der Waals surface area contributed by atoms with Gasteiger partial charge in [-0.25, -0.2) is 4.79 Å². The topological polar surface area (TPSA) is 65.8 Å². The fourth-order valence-electron chi connectivity index (χ4n) is 3.81. The van der Waals surface area contributed by atoms with E-state index in [0.29, 0.717) is 31.2 Å². The van der Waals surface area contributed by atoms with Crippen molar-refractivity contribution in [1.29, 1.82) is 0 Å². The fraction of sp³-hybridized carbons (Fsp3) is 0.455. The quantitative estimate of drug-likeness (QED) is 0.861. The molecular formula is C22H27N3O3. The van der Waals surface area contributed by atoms with Crippen LogP contribution in [0.2, 0.25) is 0 Å². The zero-order valence-electron chi connectivity index (χ0n) is 16.3. The lowest BCUT2D eigenvalue weighted by Crippen LogP contribution is -2.50. The minimum atomic E-state index is -0.00224. The molecule has 4 rings (SSSR count). The van der Waals surface area contributed by atoms with Crippen molar-refractivity contribution in [1.82, 2.24) is 15.1 Å². The van der Waals surface area contributed by atoms with E-state index in [1.54, 1.807) is 6.07 Å². The van der Waals surface area contributed by atoms with Gasteiger partial charge in [0.2, 0.25) is 0 Å². The maximum Gasteiger partial charge on any atom is 0.318 e. The Kier molecular flexibility index (Phi) is 5.37. The summed E-state index contributed by atoms with van der Waals surface area (Å²) in [7, 11) is 0. The van der Waals surface area contributed by atoms with Crippen LogP contribution in [-0.2, 0) is 6.54 Å². The summed E-state index contributed by atoms with van der Waals surface area (Å²) in [6.07, 6.45) is 6.71. The highest BCUT2D eigenvalue weighted by Crippen LogP contribution is 2.29. The first-order valence-electron chi connectivity index (χ1n) is 10.0. The molecule has 148 valence electrons. The summed E-state index contributed by atoms with van der Waals surface area (Å²) in [6.45, 7) is 4.02. The first kappa shape index (κ1) is 18.6. The molecule has 1 aromatic heterocycles. The van der Waals surface area contributed by atoms with Gasteiger partial charge in [0.25, 0.3) is 5.91 Å². The standard InChI is InChI=1S/C22H27N3O3/c1-16-3-2-4-17(13-16)14-25(20-5-6-20)22(27)23-19-7-10-24(11-8-19)21(26)18-9-12-28-15-18/h2-4,9,12-13,15,19-20H,5-8,10-11,14H2,1H3,(H,23,27). The van der Waals surface area contributed by atoms with Crippen LogP contribution < -0.4 is 5.32 Å². The number of carbonyl (C=O) groups is 2. The van der Waals surface area contributed by atoms with Gasteiger partial charge in [0.1, 0.15) is 6.26 Å². The number of nitrogens with one attached hydrogen (secondary N) is 1. The van der Waals surface area contributed by atoms with Crippen LogP contribution in [0, 0.1) is 6.92 Å². The van der Waals surface area contributed by atoms with Crippen molar-refractivity contribution >= 4 is 11.9 Å². The highest BCUT2D eigenvalue weighted by atomic mass is 16.3. The Balaban J connectivity index is 1.31. The van der Waals surface area contributed by atoms with Gasteiger partial charge >= 0.3 is 6.03 Å². The molecule has 1 aliphatic carbocycles. The number of nitrogens with zero attached hydrogens (tertiary/aromatic N) is 2. The van der Waals surface area contributed by atoms with E-state index in [0.717, 1.165) is 25.7 Å². The average Bonchev–Trinajstić information content (AvgIpc) is 3.39. The lowest BCUT2D eigenvalue weighted by molar-refractivity contribution is 0.0705. The number of aryl methyl sites for hydroxylation is 1. The van der Waals surface area contributed by atoms with Crippen LogP contribution >= 0.6 is 0 Å². The van der Waals surface area contributed by atoms with Gasteiger partial charge in [-0.15, -0.1) is 0 Å². The van der Waals surface area contributed by atoms with Gasteiger partial charge in [0.05, 0.1) is 11.8 Å². The van der Waals surface area contributed by atoms with Crippen LogP contribution in [0.15, 0.2) is 47.3 Å². The van der Waals surface area contributed by atoms with Crippen molar-refractivity contribution in [2.24, 2.45) is 0 Å². The highest BCUT2D eigenvalue weighted by molar-refractivity contribution is 5.93. The highest BCUT2D eigenvalue weighted by Gasteiger charge is 2.34. The van der Waals surface area contributed by atoms with Crippen LogP contribution in [0.25, 0.3) is 0 Å². The molecule has 1 aliphatic heterocycles. The summed E-state index contributed by atoms with van der Waals surface area (Å²) < 4.78 is 5.00. The van der Waals surface area contributed by atoms with E-state index in [4.69, 9.17) is 4.42 Å². The Labute approximate surface area is 165 Å². The molecule has 0 unspecified atom stereocenters. The van der Waals surface area contributed by atoms with Gasteiger partial charge in [-0.05, 0) is 44.2 Å². The van der Waals surface area contributed by atoms with Gasteiger partial charge in [-0.1, -0.05) is 29.8 Å². The lowest BCUT2D eigenvalue weighted by Gasteiger charge is -2.33. The molecule has 2 aliphatic rings. The Morgan fingerprint density at radius 2 is 1.96 bits per heavy atom. The smallest absolute Gasteiger partial charge is 0.318 e. The van der Waals surface area contributed by atoms with E-state index in [-0.39, 0.29) is 18.0 Å². The maximum absolute atomic E-state index is 12.9. The van der Waals surface area contributed by atoms with Crippen LogP contribution in [-0.4, -0.2) is 46.9 Å². The normalized spacial score (nSPS) is 17.4. The molecule has 1 aromatic carbocycles. The molecule has 0 radical (unpaired) electrons. The summed E-state index contributed by atoms with van der Waals surface area (Å²) in [5.41, 5.74) is 2.96. The number of rotatable bonds is 5. The molecule has 2 heterocycles. The molecule has 1 N–H and O–H groups in total. The summed E-state index contributed by atoms with van der Waals surface area (Å²) >= 11 is 0. The first-order valence-corrected chi connectivity index (χ1v) is 10.0. The van der Waals surface area contributed by atoms with E-state index < -0.39 is 0 Å². The van der Waals surface area contributed by atoms with Gasteiger partial charge in [-0.2, -0.15) is 0 Å². The third-order valence-corrected chi connectivity index (χ3v) is 5.56. The van der Waals surface area contributed by atoms with Crippen LogP contribution in [0.3, 0.4) is 0 Å². The second-order valence-electron chi connectivity index (χ2n) is 7.88. The predicted molar refractivity (Wildman–Crippen MR) is 106 cm³/mol. The monoisotopic (exact) mass is 381 g/mol. The van der Waals surface area contributed by atoms with Crippen molar-refractivity contribution in [3.63, 3.8) is 0 Å². The second-order valence-corrected chi connectivity index (χ2v) is 7.88. The summed E-state index contributed by atoms with van der Waals surface area (Å²) in [4.78, 5) is 29.1. The molecule has 1 saturated heterocycles. The predicted octanol–water partition coefficient (Wildman–Crippen LogP) is 3.57. The fourth-order valence-corrected chi connectivity index (χ4v) is 3.81. The Hall–Kier alpha value is -2.76. The molecular weight excluding hydrogens is 354 g/mol. The van der Waals surface area contributed by atoms with Crippen molar-refractivity contribution in [3.05, 3.63) is 59.5 Å². The Morgan fingerprint density at radius 1 is 1.18 bits per heavy atom. The molecule has 0 spiro atoms. The van der Waals surface area contributed by atoms with Crippen LogP contribution in [0.1, 0.15) is 47.2 Å². The third kappa shape index (κ3) is 4.38. The van der Waals surface area contributed by atoms with E-state index in [1.807, 2.05) is 15.9 Å². The number of urea groups is 1. The van der Waals surface area contributed by atoms with Crippen LogP contribution in [0.4, 0.5) is 4.79 Å². The van der Waals surface area contributed by atoms with E-state index in [1.165, 1.54) is 23.7 Å². The third-order valence-electron chi connectivity index (χ3n) is 5.56. The SMILES string of the molecule is Cc1cccc(CN(C(=O)NC2CCN(C(=O)c3ccoc3)CC2)C2CC2)c1. The number of amides is 3. The van der Waals surface area contributed by atoms with Crippen molar-refractivity contribution in [3.8, 4) is 0 Å². The van der Waals surface area contributed by atoms with Crippen LogP contribution in [0.5, 0.6) is 0 Å². The number of hydrogen-bond acceptors (Lipinski definition) is 3. The molecule has 28 heavy (non-hydrogen) atoms. The van der Waals surface area contributed by atoms with E-state index in [9.17, 15) is 9.59 Å². The Morgan fingerprint density at radius 3 is 2.61 bits per heavy atom. The molecule has 0 atom stereocenters. The molecule has 6 heteroatoms. The Bertz CT molecular complexity index is 821. The van der Waals surface area contributed by atoms with Gasteiger partial charge in [-0.3, -0.25) is 4.79 Å². The molecule has 1 saturated carbocycles. The molecule has 6 nitrogen and oxygen atoms in total. The van der Waals surface area contributed by atoms with Crippen molar-refractivity contribution < 1.29 is 14.0 Å². The molecule has 0 bridgehead atoms. The van der Waals surface area contributed by atoms with Crippen molar-refractivity contribution in [2.75, 3.05) is 13.1 Å². The number of benzene rings is 1. The minimum Gasteiger partial charge on any atom is -0.472 e. The lowest BCUT2D eigenvalue weighted by atomic mass is 10.0. The first-order chi connectivity index (χ1) is 13.6. The summed E-state index contributed by atoms with van der Waals surface area (Å²) in [5.74, 6) is -0.00224. The van der Waals surface area contributed by atoms with Gasteiger partial charge in [0, 0.05) is 31.7 Å². The number of hydrogen-bond donors (Lipinski definition) is 1. The zero-order chi connectivity index (χ0) is 19.5. The zero-order valence-corrected chi connectivity index (χ0v) is 16.3. The minimum absolute atomic E-state index is 0.00224. The largest absolute Gasteiger partial charge is 0.472 e. The van der Waals surface area contributed by atoms with E-state index in [2.05, 4.69) is 30.4 Å². The number of furan rings is 1. The molecule has 2 aromatic rings. The second kappa shape index (κ2) is 8.09. The van der Waals surface area contributed by atoms with E-state index >= 15 is 0 Å². The summed E-state index contributed by atoms with van der Waals surface area (Å²) in [5, 5.41) is 3.20. The maximum atomic E-state index is 12.9. The van der Waals surface area contributed by atoms with Gasteiger partial charge in [0.15, 0.2) is 0 Å². The number of piperidine rings is 1.